The van der Waals surface area contributed by atoms with E-state index in [-0.39, 0.29) is 18.4 Å². The molecule has 0 aromatic heterocycles. The van der Waals surface area contributed by atoms with E-state index in [1.54, 1.807) is 0 Å². The molecule has 0 aliphatic rings. The van der Waals surface area contributed by atoms with Crippen molar-refractivity contribution in [2.45, 2.75) is 104 Å². The van der Waals surface area contributed by atoms with Gasteiger partial charge < -0.3 is 4.74 Å². The number of carbonyl (C=O) groups is 1. The van der Waals surface area contributed by atoms with Crippen LogP contribution in [0.4, 0.5) is 0 Å². The first-order valence-electron chi connectivity index (χ1n) is 8.96. The van der Waals surface area contributed by atoms with E-state index in [0.717, 1.165) is 6.42 Å². The van der Waals surface area contributed by atoms with Gasteiger partial charge in [0.05, 0.1) is 6.61 Å². The van der Waals surface area contributed by atoms with Gasteiger partial charge in [-0.05, 0) is 13.3 Å². The van der Waals surface area contributed by atoms with Crippen molar-refractivity contribution in [3.05, 3.63) is 0 Å². The zero-order valence-corrected chi connectivity index (χ0v) is 15.1. The first kappa shape index (κ1) is 23.0. The third kappa shape index (κ3) is 19.8. The van der Waals surface area contributed by atoms with Gasteiger partial charge in [-0.25, -0.2) is 0 Å². The fraction of sp³-hybridized carbons (Fsp3) is 0.944. The van der Waals surface area contributed by atoms with Crippen LogP contribution in [0.2, 0.25) is 0 Å². The minimum atomic E-state index is -0.0319. The maximum absolute atomic E-state index is 11.1. The summed E-state index contributed by atoms with van der Waals surface area (Å²) in [5, 5.41) is 0. The average molecular weight is 321 g/mol. The molecule has 0 amide bonds. The number of hydrogen-bond acceptors (Lipinski definition) is 2. The van der Waals surface area contributed by atoms with Crippen LogP contribution in [0.15, 0.2) is 0 Å². The SMILES string of the molecule is CCCCCCCCCCCCCCCC(=O)OCC.Cl. The fourth-order valence-corrected chi connectivity index (χ4v) is 2.52. The van der Waals surface area contributed by atoms with Crippen LogP contribution in [0.5, 0.6) is 0 Å². The summed E-state index contributed by atoms with van der Waals surface area (Å²) in [5.41, 5.74) is 0. The monoisotopic (exact) mass is 320 g/mol. The molecular weight excluding hydrogens is 284 g/mol. The van der Waals surface area contributed by atoms with E-state index in [1.165, 1.54) is 77.0 Å². The first-order chi connectivity index (χ1) is 9.81. The molecule has 21 heavy (non-hydrogen) atoms. The van der Waals surface area contributed by atoms with E-state index in [2.05, 4.69) is 6.92 Å². The number of halogens is 1. The third-order valence-corrected chi connectivity index (χ3v) is 3.79. The van der Waals surface area contributed by atoms with Crippen molar-refractivity contribution in [1.82, 2.24) is 0 Å². The molecule has 0 saturated heterocycles. The molecule has 0 fully saturated rings. The molecule has 0 spiro atoms. The van der Waals surface area contributed by atoms with E-state index in [1.807, 2.05) is 6.92 Å². The zero-order valence-electron chi connectivity index (χ0n) is 14.3. The summed E-state index contributed by atoms with van der Waals surface area (Å²) in [6.07, 6.45) is 18.0. The van der Waals surface area contributed by atoms with Crippen LogP contribution in [-0.2, 0) is 9.53 Å². The molecule has 0 saturated carbocycles. The largest absolute Gasteiger partial charge is 0.466 e. The van der Waals surface area contributed by atoms with Crippen molar-refractivity contribution in [1.29, 1.82) is 0 Å². The number of esters is 1. The van der Waals surface area contributed by atoms with Crippen molar-refractivity contribution in [3.8, 4) is 0 Å². The van der Waals surface area contributed by atoms with Crippen LogP contribution in [0, 0.1) is 0 Å². The van der Waals surface area contributed by atoms with Crippen molar-refractivity contribution in [3.63, 3.8) is 0 Å². The third-order valence-electron chi connectivity index (χ3n) is 3.79. The molecule has 0 heterocycles. The van der Waals surface area contributed by atoms with Crippen LogP contribution in [-0.4, -0.2) is 12.6 Å². The highest BCUT2D eigenvalue weighted by atomic mass is 35.5. The van der Waals surface area contributed by atoms with Gasteiger partial charge in [-0.3, -0.25) is 4.79 Å². The second-order valence-corrected chi connectivity index (χ2v) is 5.80. The van der Waals surface area contributed by atoms with Gasteiger partial charge in [-0.15, -0.1) is 12.4 Å². The Morgan fingerprint density at radius 2 is 1.05 bits per heavy atom. The van der Waals surface area contributed by atoms with Crippen molar-refractivity contribution >= 4 is 18.4 Å². The lowest BCUT2D eigenvalue weighted by Crippen LogP contribution is -2.03. The van der Waals surface area contributed by atoms with Crippen molar-refractivity contribution in [2.24, 2.45) is 0 Å². The number of carbonyl (C=O) groups excluding carboxylic acids is 1. The highest BCUT2D eigenvalue weighted by Crippen LogP contribution is 2.12. The number of unbranched alkanes of at least 4 members (excludes halogenated alkanes) is 12. The molecule has 0 radical (unpaired) electrons. The standard InChI is InChI=1S/C18H36O2.ClH/c1-3-5-6-7-8-9-10-11-12-13-14-15-16-17-18(19)20-4-2;/h3-17H2,1-2H3;1H. The zero-order chi connectivity index (χ0) is 14.9. The van der Waals surface area contributed by atoms with Gasteiger partial charge in [0, 0.05) is 6.42 Å². The van der Waals surface area contributed by atoms with Gasteiger partial charge >= 0.3 is 5.97 Å². The summed E-state index contributed by atoms with van der Waals surface area (Å²) in [6, 6.07) is 0. The quantitative estimate of drug-likeness (QED) is 0.256. The predicted molar refractivity (Wildman–Crippen MR) is 94.2 cm³/mol. The Balaban J connectivity index is 0. The van der Waals surface area contributed by atoms with E-state index < -0.39 is 0 Å². The Labute approximate surface area is 138 Å². The van der Waals surface area contributed by atoms with Crippen LogP contribution >= 0.6 is 12.4 Å². The second kappa shape index (κ2) is 19.8. The van der Waals surface area contributed by atoms with Crippen molar-refractivity contribution in [2.75, 3.05) is 6.61 Å². The van der Waals surface area contributed by atoms with Gasteiger partial charge in [-0.2, -0.15) is 0 Å². The van der Waals surface area contributed by atoms with E-state index >= 15 is 0 Å². The van der Waals surface area contributed by atoms with Gasteiger partial charge in [0.2, 0.25) is 0 Å². The molecule has 0 rings (SSSR count). The summed E-state index contributed by atoms with van der Waals surface area (Å²) >= 11 is 0. The van der Waals surface area contributed by atoms with E-state index in [0.29, 0.717) is 13.0 Å². The highest BCUT2D eigenvalue weighted by molar-refractivity contribution is 5.85. The fourth-order valence-electron chi connectivity index (χ4n) is 2.52. The average Bonchev–Trinajstić information content (AvgIpc) is 2.44. The Bertz CT molecular complexity index is 207. The van der Waals surface area contributed by atoms with Crippen LogP contribution < -0.4 is 0 Å². The molecule has 0 aromatic carbocycles. The smallest absolute Gasteiger partial charge is 0.305 e. The van der Waals surface area contributed by atoms with Gasteiger partial charge in [0.15, 0.2) is 0 Å². The molecular formula is C18H37ClO2. The van der Waals surface area contributed by atoms with Crippen LogP contribution in [0.1, 0.15) is 104 Å². The highest BCUT2D eigenvalue weighted by Gasteiger charge is 2.00. The molecule has 128 valence electrons. The molecule has 0 aromatic rings. The summed E-state index contributed by atoms with van der Waals surface area (Å²) in [5.74, 6) is -0.0319. The summed E-state index contributed by atoms with van der Waals surface area (Å²) in [4.78, 5) is 11.1. The Morgan fingerprint density at radius 1 is 0.667 bits per heavy atom. The van der Waals surface area contributed by atoms with Crippen LogP contribution in [0.3, 0.4) is 0 Å². The maximum Gasteiger partial charge on any atom is 0.305 e. The summed E-state index contributed by atoms with van der Waals surface area (Å²) < 4.78 is 4.91. The number of hydrogen-bond donors (Lipinski definition) is 0. The predicted octanol–water partition coefficient (Wildman–Crippen LogP) is 6.45. The Morgan fingerprint density at radius 3 is 1.43 bits per heavy atom. The lowest BCUT2D eigenvalue weighted by molar-refractivity contribution is -0.143. The molecule has 0 aliphatic carbocycles. The van der Waals surface area contributed by atoms with Gasteiger partial charge in [0.25, 0.3) is 0 Å². The topological polar surface area (TPSA) is 26.3 Å². The normalized spacial score (nSPS) is 10.2. The number of rotatable bonds is 15. The van der Waals surface area contributed by atoms with E-state index in [9.17, 15) is 4.79 Å². The summed E-state index contributed by atoms with van der Waals surface area (Å²) in [6.45, 7) is 4.64. The van der Waals surface area contributed by atoms with Crippen molar-refractivity contribution < 1.29 is 9.53 Å². The number of ether oxygens (including phenoxy) is 1. The molecule has 0 bridgehead atoms. The maximum atomic E-state index is 11.1. The molecule has 0 N–H and O–H groups in total. The lowest BCUT2D eigenvalue weighted by atomic mass is 10.0. The molecule has 2 nitrogen and oxygen atoms in total. The van der Waals surface area contributed by atoms with E-state index in [4.69, 9.17) is 4.74 Å². The minimum absolute atomic E-state index is 0. The van der Waals surface area contributed by atoms with Gasteiger partial charge in [-0.1, -0.05) is 84.0 Å². The Kier molecular flexibility index (Phi) is 21.7. The molecule has 0 aliphatic heterocycles. The van der Waals surface area contributed by atoms with Crippen LogP contribution in [0.25, 0.3) is 0 Å². The molecule has 0 atom stereocenters. The summed E-state index contributed by atoms with van der Waals surface area (Å²) in [7, 11) is 0. The molecule has 3 heteroatoms. The first-order valence-corrected chi connectivity index (χ1v) is 8.96. The van der Waals surface area contributed by atoms with Gasteiger partial charge in [0.1, 0.15) is 0 Å². The lowest BCUT2D eigenvalue weighted by Gasteiger charge is -2.03. The molecule has 0 unspecified atom stereocenters. The Hall–Kier alpha value is -0.240. The minimum Gasteiger partial charge on any atom is -0.466 e. The second-order valence-electron chi connectivity index (χ2n) is 5.80.